The van der Waals surface area contributed by atoms with E-state index in [4.69, 9.17) is 21.6 Å². The standard InChI is InChI=1S/C19H16ClN5O3/c1-3-28-19(27)16-10(2)25-18(13(9-22)14(24-25)6-7-21)23-17(16)12-8-11(20)4-5-15(12)26/h4-5,8,17,23,26H,3,6H2,1-2H3. The number of phenols is 1. The number of hydrogen-bond acceptors (Lipinski definition) is 7. The molecule has 9 heteroatoms. The summed E-state index contributed by atoms with van der Waals surface area (Å²) in [6.45, 7) is 3.52. The van der Waals surface area contributed by atoms with Crippen molar-refractivity contribution >= 4 is 29.1 Å². The van der Waals surface area contributed by atoms with E-state index in [2.05, 4.69) is 16.5 Å². The second kappa shape index (κ2) is 7.63. The number of nitriles is 2. The van der Waals surface area contributed by atoms with Crippen LogP contribution in [0, 0.1) is 22.7 Å². The van der Waals surface area contributed by atoms with Gasteiger partial charge in [0, 0.05) is 10.6 Å². The molecule has 28 heavy (non-hydrogen) atoms. The van der Waals surface area contributed by atoms with Crippen LogP contribution in [0.5, 0.6) is 5.75 Å². The van der Waals surface area contributed by atoms with Crippen molar-refractivity contribution in [3.05, 3.63) is 45.6 Å². The Morgan fingerprint density at radius 3 is 2.86 bits per heavy atom. The maximum atomic E-state index is 12.7. The highest BCUT2D eigenvalue weighted by Gasteiger charge is 2.36. The van der Waals surface area contributed by atoms with Gasteiger partial charge in [0.1, 0.15) is 23.2 Å². The summed E-state index contributed by atoms with van der Waals surface area (Å²) in [5, 5.41) is 36.7. The van der Waals surface area contributed by atoms with Gasteiger partial charge in [0.15, 0.2) is 0 Å². The third kappa shape index (κ3) is 3.15. The molecule has 0 aliphatic carbocycles. The molecule has 0 amide bonds. The number of esters is 1. The van der Waals surface area contributed by atoms with E-state index in [1.54, 1.807) is 13.8 Å². The Hall–Kier alpha value is -3.49. The highest BCUT2D eigenvalue weighted by Crippen LogP contribution is 2.42. The van der Waals surface area contributed by atoms with Crippen LogP contribution in [-0.4, -0.2) is 27.5 Å². The molecule has 0 saturated heterocycles. The maximum absolute atomic E-state index is 12.7. The lowest BCUT2D eigenvalue weighted by Crippen LogP contribution is -2.28. The lowest BCUT2D eigenvalue weighted by Gasteiger charge is -2.29. The van der Waals surface area contributed by atoms with Crippen molar-refractivity contribution in [1.29, 1.82) is 10.5 Å². The van der Waals surface area contributed by atoms with E-state index in [0.29, 0.717) is 27.8 Å². The van der Waals surface area contributed by atoms with E-state index < -0.39 is 12.0 Å². The van der Waals surface area contributed by atoms with Crippen LogP contribution >= 0.6 is 11.6 Å². The lowest BCUT2D eigenvalue weighted by atomic mass is 9.94. The summed E-state index contributed by atoms with van der Waals surface area (Å²) in [4.78, 5) is 12.7. The fraction of sp³-hybridized carbons (Fsp3) is 0.263. The van der Waals surface area contributed by atoms with Gasteiger partial charge in [0.25, 0.3) is 0 Å². The Labute approximate surface area is 166 Å². The van der Waals surface area contributed by atoms with Gasteiger partial charge in [-0.15, -0.1) is 0 Å². The molecule has 0 fully saturated rings. The molecule has 0 bridgehead atoms. The molecule has 0 spiro atoms. The summed E-state index contributed by atoms with van der Waals surface area (Å²) in [5.41, 5.74) is 1.51. The van der Waals surface area contributed by atoms with Crippen molar-refractivity contribution < 1.29 is 14.6 Å². The van der Waals surface area contributed by atoms with Gasteiger partial charge < -0.3 is 15.2 Å². The molecule has 142 valence electrons. The topological polar surface area (TPSA) is 124 Å². The van der Waals surface area contributed by atoms with Crippen molar-refractivity contribution in [3.63, 3.8) is 0 Å². The molecule has 0 saturated carbocycles. The number of rotatable bonds is 4. The molecule has 1 unspecified atom stereocenters. The number of nitrogens with zero attached hydrogens (tertiary/aromatic N) is 4. The number of hydrogen-bond donors (Lipinski definition) is 2. The zero-order valence-corrected chi connectivity index (χ0v) is 15.9. The Morgan fingerprint density at radius 1 is 1.46 bits per heavy atom. The Bertz CT molecular complexity index is 1070. The molecule has 1 aliphatic rings. The molecule has 8 nitrogen and oxygen atoms in total. The predicted octanol–water partition coefficient (Wildman–Crippen LogP) is 3.14. The summed E-state index contributed by atoms with van der Waals surface area (Å²) in [6.07, 6.45) is -0.0559. The first-order valence-electron chi connectivity index (χ1n) is 8.45. The molecular weight excluding hydrogens is 382 g/mol. The number of aromatic hydroxyl groups is 1. The molecule has 0 radical (unpaired) electrons. The van der Waals surface area contributed by atoms with Crippen LogP contribution in [-0.2, 0) is 16.0 Å². The number of fused-ring (bicyclic) bond motifs is 1. The van der Waals surface area contributed by atoms with Crippen LogP contribution in [0.1, 0.15) is 36.7 Å². The average Bonchev–Trinajstić information content (AvgIpc) is 3.01. The molecule has 2 aromatic rings. The van der Waals surface area contributed by atoms with Gasteiger partial charge in [-0.2, -0.15) is 15.6 Å². The van der Waals surface area contributed by atoms with Crippen LogP contribution in [0.4, 0.5) is 5.82 Å². The number of anilines is 1. The third-order valence-electron chi connectivity index (χ3n) is 4.39. The molecule has 3 rings (SSSR count). The number of ether oxygens (including phenoxy) is 1. The van der Waals surface area contributed by atoms with Crippen LogP contribution in [0.2, 0.25) is 5.02 Å². The first kappa shape index (κ1) is 19.3. The molecule has 2 N–H and O–H groups in total. The first-order valence-corrected chi connectivity index (χ1v) is 8.82. The molecule has 1 atom stereocenters. The minimum absolute atomic E-state index is 0.0559. The van der Waals surface area contributed by atoms with Gasteiger partial charge >= 0.3 is 5.97 Å². The van der Waals surface area contributed by atoms with E-state index in [9.17, 15) is 15.2 Å². The third-order valence-corrected chi connectivity index (χ3v) is 4.62. The smallest absolute Gasteiger partial charge is 0.338 e. The van der Waals surface area contributed by atoms with Crippen molar-refractivity contribution in [3.8, 4) is 17.9 Å². The zero-order chi connectivity index (χ0) is 20.4. The summed E-state index contributed by atoms with van der Waals surface area (Å²) in [6, 6.07) is 7.70. The molecule has 1 aliphatic heterocycles. The number of benzene rings is 1. The van der Waals surface area contributed by atoms with Crippen molar-refractivity contribution in [2.75, 3.05) is 11.9 Å². The minimum Gasteiger partial charge on any atom is -0.508 e. The van der Waals surface area contributed by atoms with Crippen LogP contribution in [0.25, 0.3) is 5.70 Å². The highest BCUT2D eigenvalue weighted by molar-refractivity contribution is 6.30. The fourth-order valence-electron chi connectivity index (χ4n) is 3.15. The number of allylic oxidation sites excluding steroid dienone is 1. The summed E-state index contributed by atoms with van der Waals surface area (Å²) in [5.74, 6) is -0.318. The normalized spacial score (nSPS) is 15.2. The Kier molecular flexibility index (Phi) is 5.25. The quantitative estimate of drug-likeness (QED) is 0.759. The minimum atomic E-state index is -0.816. The second-order valence-electron chi connectivity index (χ2n) is 6.03. The van der Waals surface area contributed by atoms with Gasteiger partial charge in [0.05, 0.1) is 42.1 Å². The van der Waals surface area contributed by atoms with E-state index in [0.717, 1.165) is 0 Å². The largest absolute Gasteiger partial charge is 0.508 e. The van der Waals surface area contributed by atoms with Gasteiger partial charge in [0.2, 0.25) is 0 Å². The van der Waals surface area contributed by atoms with Crippen molar-refractivity contribution in [2.45, 2.75) is 26.3 Å². The Balaban J connectivity index is 2.26. The number of carbonyl (C=O) groups excluding carboxylic acids is 1. The molecule has 1 aromatic carbocycles. The number of aromatic nitrogens is 2. The molecular formula is C19H16ClN5O3. The fourth-order valence-corrected chi connectivity index (χ4v) is 3.33. The lowest BCUT2D eigenvalue weighted by molar-refractivity contribution is -0.138. The van der Waals surface area contributed by atoms with Gasteiger partial charge in [-0.3, -0.25) is 0 Å². The SMILES string of the molecule is CCOC(=O)C1=C(C)n2nc(CC#N)c(C#N)c2NC1c1cc(Cl)ccc1O. The monoisotopic (exact) mass is 397 g/mol. The highest BCUT2D eigenvalue weighted by atomic mass is 35.5. The van der Waals surface area contributed by atoms with Crippen molar-refractivity contribution in [1.82, 2.24) is 9.78 Å². The predicted molar refractivity (Wildman–Crippen MR) is 101 cm³/mol. The number of phenolic OH excluding ortho intramolecular Hbond substituents is 1. The second-order valence-corrected chi connectivity index (χ2v) is 6.47. The van der Waals surface area contributed by atoms with E-state index in [1.807, 2.05) is 6.07 Å². The van der Waals surface area contributed by atoms with Crippen LogP contribution in [0.3, 0.4) is 0 Å². The van der Waals surface area contributed by atoms with Crippen LogP contribution < -0.4 is 5.32 Å². The average molecular weight is 398 g/mol. The van der Waals surface area contributed by atoms with Gasteiger partial charge in [-0.05, 0) is 32.0 Å². The zero-order valence-electron chi connectivity index (χ0n) is 15.2. The van der Waals surface area contributed by atoms with Gasteiger partial charge in [-0.25, -0.2) is 9.48 Å². The molecule has 1 aromatic heterocycles. The number of halogens is 1. The number of nitrogens with one attached hydrogen (secondary N) is 1. The van der Waals surface area contributed by atoms with Crippen LogP contribution in [0.15, 0.2) is 23.8 Å². The van der Waals surface area contributed by atoms with E-state index >= 15 is 0 Å². The first-order chi connectivity index (χ1) is 13.4. The number of carbonyl (C=O) groups is 1. The van der Waals surface area contributed by atoms with Crippen molar-refractivity contribution in [2.24, 2.45) is 0 Å². The molecule has 2 heterocycles. The maximum Gasteiger partial charge on any atom is 0.338 e. The summed E-state index contributed by atoms with van der Waals surface area (Å²) < 4.78 is 6.60. The van der Waals surface area contributed by atoms with Gasteiger partial charge in [-0.1, -0.05) is 11.6 Å². The summed E-state index contributed by atoms with van der Waals surface area (Å²) >= 11 is 6.09. The van der Waals surface area contributed by atoms with E-state index in [1.165, 1.54) is 22.9 Å². The summed E-state index contributed by atoms with van der Waals surface area (Å²) in [7, 11) is 0. The van der Waals surface area contributed by atoms with E-state index in [-0.39, 0.29) is 29.9 Å². The Morgan fingerprint density at radius 2 is 2.21 bits per heavy atom.